The molecule has 0 aromatic heterocycles. The van der Waals surface area contributed by atoms with Gasteiger partial charge in [-0.1, -0.05) is 19.9 Å². The topological polar surface area (TPSA) is 21.3 Å². The van der Waals surface area contributed by atoms with Crippen molar-refractivity contribution in [3.63, 3.8) is 0 Å². The average Bonchev–Trinajstić information content (AvgIpc) is 3.12. The zero-order valence-corrected chi connectivity index (χ0v) is 12.1. The van der Waals surface area contributed by atoms with Gasteiger partial charge in [0.1, 0.15) is 0 Å². The molecule has 3 unspecified atom stereocenters. The Kier molecular flexibility index (Phi) is 4.81. The lowest BCUT2D eigenvalue weighted by atomic mass is 10.0. The second-order valence-electron chi connectivity index (χ2n) is 5.61. The molecule has 19 heavy (non-hydrogen) atoms. The van der Waals surface area contributed by atoms with Crippen molar-refractivity contribution in [3.8, 4) is 5.75 Å². The number of nitrogens with one attached hydrogen (secondary N) is 1. The number of halogens is 1. The van der Waals surface area contributed by atoms with Crippen LogP contribution < -0.4 is 10.1 Å². The van der Waals surface area contributed by atoms with E-state index in [4.69, 9.17) is 4.74 Å². The Bertz CT molecular complexity index is 421. The van der Waals surface area contributed by atoms with Gasteiger partial charge in [0.05, 0.1) is 7.11 Å². The Morgan fingerprint density at radius 2 is 2.21 bits per heavy atom. The molecule has 0 amide bonds. The zero-order chi connectivity index (χ0) is 13.8. The predicted molar refractivity (Wildman–Crippen MR) is 76.0 cm³/mol. The Hall–Kier alpha value is -1.09. The molecule has 0 aliphatic heterocycles. The van der Waals surface area contributed by atoms with E-state index in [0.29, 0.717) is 11.8 Å². The lowest BCUT2D eigenvalue weighted by molar-refractivity contribution is 0.385. The van der Waals surface area contributed by atoms with Crippen LogP contribution in [0.3, 0.4) is 0 Å². The highest BCUT2D eigenvalue weighted by Gasteiger charge is 2.38. The third kappa shape index (κ3) is 3.69. The van der Waals surface area contributed by atoms with Crippen molar-refractivity contribution in [1.29, 1.82) is 0 Å². The Labute approximate surface area is 115 Å². The highest BCUT2D eigenvalue weighted by molar-refractivity contribution is 5.30. The van der Waals surface area contributed by atoms with Crippen molar-refractivity contribution in [3.05, 3.63) is 29.6 Å². The van der Waals surface area contributed by atoms with Crippen LogP contribution in [0.4, 0.5) is 4.39 Å². The molecule has 1 aromatic rings. The van der Waals surface area contributed by atoms with E-state index in [-0.39, 0.29) is 5.82 Å². The van der Waals surface area contributed by atoms with Gasteiger partial charge < -0.3 is 10.1 Å². The van der Waals surface area contributed by atoms with Crippen LogP contribution in [-0.4, -0.2) is 19.7 Å². The fourth-order valence-electron chi connectivity index (χ4n) is 2.71. The lowest BCUT2D eigenvalue weighted by Gasteiger charge is -2.19. The van der Waals surface area contributed by atoms with Gasteiger partial charge in [-0.05, 0) is 55.3 Å². The standard InChI is InChI=1S/C16H24FNO/c1-4-7-18-15(13-8-11(13)2)10-12-5-6-16(19-3)14(17)9-12/h5-6,9,11,13,15,18H,4,7-8,10H2,1-3H3. The fourth-order valence-corrected chi connectivity index (χ4v) is 2.71. The molecule has 0 radical (unpaired) electrons. The minimum absolute atomic E-state index is 0.266. The zero-order valence-electron chi connectivity index (χ0n) is 12.1. The van der Waals surface area contributed by atoms with Gasteiger partial charge >= 0.3 is 0 Å². The quantitative estimate of drug-likeness (QED) is 0.816. The van der Waals surface area contributed by atoms with Crippen LogP contribution in [0.25, 0.3) is 0 Å². The summed E-state index contributed by atoms with van der Waals surface area (Å²) in [5.41, 5.74) is 1.05. The first-order valence-electron chi connectivity index (χ1n) is 7.21. The van der Waals surface area contributed by atoms with Crippen LogP contribution in [0.15, 0.2) is 18.2 Å². The molecule has 3 atom stereocenters. The third-order valence-corrected chi connectivity index (χ3v) is 4.02. The smallest absolute Gasteiger partial charge is 0.165 e. The molecular weight excluding hydrogens is 241 g/mol. The van der Waals surface area contributed by atoms with E-state index in [1.165, 1.54) is 13.5 Å². The maximum absolute atomic E-state index is 13.7. The first kappa shape index (κ1) is 14.3. The molecule has 3 heteroatoms. The summed E-state index contributed by atoms with van der Waals surface area (Å²) in [6.45, 7) is 5.50. The molecule has 1 N–H and O–H groups in total. The molecule has 1 aromatic carbocycles. The minimum Gasteiger partial charge on any atom is -0.494 e. The van der Waals surface area contributed by atoms with E-state index in [9.17, 15) is 4.39 Å². The Morgan fingerprint density at radius 3 is 2.74 bits per heavy atom. The number of rotatable bonds is 7. The van der Waals surface area contributed by atoms with Gasteiger partial charge in [0, 0.05) is 6.04 Å². The van der Waals surface area contributed by atoms with E-state index in [1.807, 2.05) is 6.07 Å². The van der Waals surface area contributed by atoms with Crippen LogP contribution >= 0.6 is 0 Å². The summed E-state index contributed by atoms with van der Waals surface area (Å²) in [5.74, 6) is 1.61. The van der Waals surface area contributed by atoms with E-state index >= 15 is 0 Å². The van der Waals surface area contributed by atoms with E-state index < -0.39 is 0 Å². The number of hydrogen-bond donors (Lipinski definition) is 1. The Balaban J connectivity index is 2.01. The molecule has 0 bridgehead atoms. The summed E-state index contributed by atoms with van der Waals surface area (Å²) >= 11 is 0. The van der Waals surface area contributed by atoms with Crippen molar-refractivity contribution < 1.29 is 9.13 Å². The number of hydrogen-bond acceptors (Lipinski definition) is 2. The molecule has 0 spiro atoms. The van der Waals surface area contributed by atoms with Crippen molar-refractivity contribution in [1.82, 2.24) is 5.32 Å². The van der Waals surface area contributed by atoms with Crippen molar-refractivity contribution in [2.75, 3.05) is 13.7 Å². The average molecular weight is 265 g/mol. The van der Waals surface area contributed by atoms with Crippen LogP contribution in [-0.2, 0) is 6.42 Å². The van der Waals surface area contributed by atoms with E-state index in [1.54, 1.807) is 12.1 Å². The molecule has 0 saturated heterocycles. The summed E-state index contributed by atoms with van der Waals surface area (Å²) in [5, 5.41) is 3.60. The predicted octanol–water partition coefficient (Wildman–Crippen LogP) is 3.40. The molecular formula is C16H24FNO. The van der Waals surface area contributed by atoms with E-state index in [0.717, 1.165) is 36.8 Å². The van der Waals surface area contributed by atoms with Crippen molar-refractivity contribution >= 4 is 0 Å². The summed E-state index contributed by atoms with van der Waals surface area (Å²) in [7, 11) is 1.50. The SMILES string of the molecule is CCCNC(Cc1ccc(OC)c(F)c1)C1CC1C. The van der Waals surface area contributed by atoms with Crippen molar-refractivity contribution in [2.45, 2.75) is 39.2 Å². The van der Waals surface area contributed by atoms with Gasteiger partial charge in [0.15, 0.2) is 11.6 Å². The van der Waals surface area contributed by atoms with Crippen molar-refractivity contribution in [2.24, 2.45) is 11.8 Å². The number of ether oxygens (including phenoxy) is 1. The summed E-state index contributed by atoms with van der Waals surface area (Å²) in [6.07, 6.45) is 3.32. The molecule has 1 aliphatic carbocycles. The normalized spacial score (nSPS) is 23.2. The highest BCUT2D eigenvalue weighted by atomic mass is 19.1. The first-order chi connectivity index (χ1) is 9.15. The van der Waals surface area contributed by atoms with Crippen LogP contribution in [0.2, 0.25) is 0 Å². The molecule has 1 saturated carbocycles. The molecule has 2 rings (SSSR count). The van der Waals surface area contributed by atoms with Gasteiger partial charge in [-0.2, -0.15) is 0 Å². The largest absolute Gasteiger partial charge is 0.494 e. The molecule has 2 nitrogen and oxygen atoms in total. The van der Waals surface area contributed by atoms with Gasteiger partial charge in [0.25, 0.3) is 0 Å². The summed E-state index contributed by atoms with van der Waals surface area (Å²) in [6, 6.07) is 5.77. The second kappa shape index (κ2) is 6.38. The first-order valence-corrected chi connectivity index (χ1v) is 7.21. The monoisotopic (exact) mass is 265 g/mol. The van der Waals surface area contributed by atoms with Gasteiger partial charge in [-0.25, -0.2) is 4.39 Å². The third-order valence-electron chi connectivity index (χ3n) is 4.02. The second-order valence-corrected chi connectivity index (χ2v) is 5.61. The molecule has 1 aliphatic rings. The maximum atomic E-state index is 13.7. The Morgan fingerprint density at radius 1 is 1.47 bits per heavy atom. The molecule has 1 fully saturated rings. The summed E-state index contributed by atoms with van der Waals surface area (Å²) in [4.78, 5) is 0. The van der Waals surface area contributed by atoms with Crippen LogP contribution in [0, 0.1) is 17.7 Å². The highest BCUT2D eigenvalue weighted by Crippen LogP contribution is 2.41. The minimum atomic E-state index is -0.266. The van der Waals surface area contributed by atoms with Crippen LogP contribution in [0.1, 0.15) is 32.3 Å². The number of methoxy groups -OCH3 is 1. The lowest BCUT2D eigenvalue weighted by Crippen LogP contribution is -2.34. The molecule has 0 heterocycles. The summed E-state index contributed by atoms with van der Waals surface area (Å²) < 4.78 is 18.7. The van der Waals surface area contributed by atoms with E-state index in [2.05, 4.69) is 19.2 Å². The molecule has 106 valence electrons. The number of benzene rings is 1. The van der Waals surface area contributed by atoms with Gasteiger partial charge in [-0.15, -0.1) is 0 Å². The van der Waals surface area contributed by atoms with Crippen LogP contribution in [0.5, 0.6) is 5.75 Å². The maximum Gasteiger partial charge on any atom is 0.165 e. The van der Waals surface area contributed by atoms with Gasteiger partial charge in [0.2, 0.25) is 0 Å². The van der Waals surface area contributed by atoms with Gasteiger partial charge in [-0.3, -0.25) is 0 Å². The fraction of sp³-hybridized carbons (Fsp3) is 0.625.